The van der Waals surface area contributed by atoms with E-state index in [9.17, 15) is 0 Å². The van der Waals surface area contributed by atoms with Gasteiger partial charge in [0.2, 0.25) is 0 Å². The highest BCUT2D eigenvalue weighted by Gasteiger charge is 2.17. The number of rotatable bonds is 5. The summed E-state index contributed by atoms with van der Waals surface area (Å²) in [6.45, 7) is 0. The molecule has 0 spiro atoms. The van der Waals surface area contributed by atoms with Crippen LogP contribution in [0, 0.1) is 0 Å². The average Bonchev–Trinajstić information content (AvgIpc) is 3.11. The van der Waals surface area contributed by atoms with Crippen LogP contribution in [-0.4, -0.2) is 15.0 Å². The van der Waals surface area contributed by atoms with Crippen LogP contribution < -0.4 is 0 Å². The van der Waals surface area contributed by atoms with Crippen molar-refractivity contribution in [3.63, 3.8) is 0 Å². The second-order valence-electron chi connectivity index (χ2n) is 10.9. The quantitative estimate of drug-likeness (QED) is 0.210. The molecule has 0 fully saturated rings. The van der Waals surface area contributed by atoms with Gasteiger partial charge in [0, 0.05) is 16.7 Å². The first kappa shape index (κ1) is 25.8. The van der Waals surface area contributed by atoms with Crippen LogP contribution in [0.4, 0.5) is 0 Å². The van der Waals surface area contributed by atoms with E-state index in [-0.39, 0.29) is 0 Å². The molecular formula is C41H27N3. The maximum absolute atomic E-state index is 5.16. The summed E-state index contributed by atoms with van der Waals surface area (Å²) < 4.78 is 0. The second-order valence-corrected chi connectivity index (χ2v) is 10.9. The SMILES string of the molecule is c1ccc(-c2nc(-c3ccccc3-c3ccccc3)nc(-c3cccc4c(-c5ccc6ccccc6c5)cccc34)n2)cc1. The smallest absolute Gasteiger partial charge is 0.164 e. The van der Waals surface area contributed by atoms with Crippen molar-refractivity contribution in [3.05, 3.63) is 164 Å². The van der Waals surface area contributed by atoms with Gasteiger partial charge in [-0.3, -0.25) is 0 Å². The normalized spacial score (nSPS) is 11.2. The molecular weight excluding hydrogens is 534 g/mol. The molecule has 0 N–H and O–H groups in total. The van der Waals surface area contributed by atoms with E-state index >= 15 is 0 Å². The molecule has 0 aliphatic carbocycles. The molecule has 0 unspecified atom stereocenters. The predicted molar refractivity (Wildman–Crippen MR) is 182 cm³/mol. The molecule has 3 nitrogen and oxygen atoms in total. The van der Waals surface area contributed by atoms with Gasteiger partial charge < -0.3 is 0 Å². The molecule has 8 rings (SSSR count). The minimum atomic E-state index is 0.649. The predicted octanol–water partition coefficient (Wildman–Crippen LogP) is 10.5. The van der Waals surface area contributed by atoms with Crippen LogP contribution in [0.3, 0.4) is 0 Å². The number of nitrogens with zero attached hydrogens (tertiary/aromatic N) is 3. The fourth-order valence-electron chi connectivity index (χ4n) is 5.99. The van der Waals surface area contributed by atoms with Crippen molar-refractivity contribution in [2.75, 3.05) is 0 Å². The summed E-state index contributed by atoms with van der Waals surface area (Å²) in [4.78, 5) is 15.3. The Balaban J connectivity index is 1.34. The van der Waals surface area contributed by atoms with Gasteiger partial charge in [-0.25, -0.2) is 15.0 Å². The third-order valence-corrected chi connectivity index (χ3v) is 8.14. The Bertz CT molecular complexity index is 2270. The van der Waals surface area contributed by atoms with Crippen LogP contribution in [0.1, 0.15) is 0 Å². The van der Waals surface area contributed by atoms with Gasteiger partial charge in [0.05, 0.1) is 0 Å². The Morgan fingerprint density at radius 1 is 0.273 bits per heavy atom. The van der Waals surface area contributed by atoms with Gasteiger partial charge in [-0.1, -0.05) is 158 Å². The maximum Gasteiger partial charge on any atom is 0.164 e. The Morgan fingerprint density at radius 2 is 0.795 bits per heavy atom. The number of hydrogen-bond donors (Lipinski definition) is 0. The second kappa shape index (κ2) is 11.0. The zero-order valence-corrected chi connectivity index (χ0v) is 23.9. The van der Waals surface area contributed by atoms with E-state index < -0.39 is 0 Å². The topological polar surface area (TPSA) is 38.7 Å². The molecule has 0 saturated heterocycles. The lowest BCUT2D eigenvalue weighted by molar-refractivity contribution is 1.08. The van der Waals surface area contributed by atoms with E-state index in [0.29, 0.717) is 17.5 Å². The molecule has 44 heavy (non-hydrogen) atoms. The molecule has 8 aromatic rings. The lowest BCUT2D eigenvalue weighted by Crippen LogP contribution is -2.01. The number of aromatic nitrogens is 3. The molecule has 0 aliphatic heterocycles. The summed E-state index contributed by atoms with van der Waals surface area (Å²) in [5.74, 6) is 1.95. The summed E-state index contributed by atoms with van der Waals surface area (Å²) in [5, 5.41) is 4.72. The van der Waals surface area contributed by atoms with Crippen molar-refractivity contribution in [3.8, 4) is 56.4 Å². The summed E-state index contributed by atoms with van der Waals surface area (Å²) in [6.07, 6.45) is 0. The van der Waals surface area contributed by atoms with Crippen LogP contribution in [0.15, 0.2) is 164 Å². The Hall–Kier alpha value is -5.93. The molecule has 0 atom stereocenters. The first-order valence-corrected chi connectivity index (χ1v) is 14.8. The molecule has 0 aliphatic rings. The van der Waals surface area contributed by atoms with E-state index in [1.54, 1.807) is 0 Å². The molecule has 1 aromatic heterocycles. The van der Waals surface area contributed by atoms with Gasteiger partial charge in [0.25, 0.3) is 0 Å². The van der Waals surface area contributed by atoms with Gasteiger partial charge in [0.15, 0.2) is 17.5 Å². The monoisotopic (exact) mass is 561 g/mol. The standard InChI is InChI=1S/C41H27N3/c1-3-14-29(15-4-1)33-19-9-10-20-37(33)40-42-39(30-16-5-2-6-17-30)43-41(44-40)38-24-12-22-35-34(21-11-23-36(35)38)32-26-25-28-13-7-8-18-31(28)27-32/h1-27H. The fraction of sp³-hybridized carbons (Fsp3) is 0. The van der Waals surface area contributed by atoms with E-state index in [0.717, 1.165) is 38.6 Å². The van der Waals surface area contributed by atoms with Crippen LogP contribution in [0.5, 0.6) is 0 Å². The van der Waals surface area contributed by atoms with Crippen LogP contribution in [-0.2, 0) is 0 Å². The highest BCUT2D eigenvalue weighted by atomic mass is 15.0. The van der Waals surface area contributed by atoms with Gasteiger partial charge in [0.1, 0.15) is 0 Å². The highest BCUT2D eigenvalue weighted by molar-refractivity contribution is 6.04. The van der Waals surface area contributed by atoms with E-state index in [1.807, 2.05) is 42.5 Å². The van der Waals surface area contributed by atoms with Crippen molar-refractivity contribution in [2.45, 2.75) is 0 Å². The molecule has 3 heteroatoms. The fourth-order valence-corrected chi connectivity index (χ4v) is 5.99. The number of fused-ring (bicyclic) bond motifs is 2. The minimum absolute atomic E-state index is 0.649. The summed E-state index contributed by atoms with van der Waals surface area (Å²) in [7, 11) is 0. The lowest BCUT2D eigenvalue weighted by atomic mass is 9.94. The highest BCUT2D eigenvalue weighted by Crippen LogP contribution is 2.37. The van der Waals surface area contributed by atoms with Crippen LogP contribution in [0.25, 0.3) is 78.0 Å². The first-order valence-electron chi connectivity index (χ1n) is 14.8. The Labute approximate surface area is 256 Å². The minimum Gasteiger partial charge on any atom is -0.208 e. The first-order chi connectivity index (χ1) is 21.8. The van der Waals surface area contributed by atoms with Crippen molar-refractivity contribution < 1.29 is 0 Å². The van der Waals surface area contributed by atoms with Crippen LogP contribution in [0.2, 0.25) is 0 Å². The van der Waals surface area contributed by atoms with Gasteiger partial charge in [-0.2, -0.15) is 0 Å². The molecule has 206 valence electrons. The third-order valence-electron chi connectivity index (χ3n) is 8.14. The van der Waals surface area contributed by atoms with E-state index in [1.165, 1.54) is 21.9 Å². The molecule has 0 bridgehead atoms. The van der Waals surface area contributed by atoms with Crippen molar-refractivity contribution in [1.82, 2.24) is 15.0 Å². The maximum atomic E-state index is 5.16. The third kappa shape index (κ3) is 4.71. The van der Waals surface area contributed by atoms with Crippen molar-refractivity contribution >= 4 is 21.5 Å². The Morgan fingerprint density at radius 3 is 1.55 bits per heavy atom. The number of benzene rings is 7. The van der Waals surface area contributed by atoms with E-state index in [4.69, 9.17) is 15.0 Å². The van der Waals surface area contributed by atoms with Crippen molar-refractivity contribution in [1.29, 1.82) is 0 Å². The molecule has 1 heterocycles. The van der Waals surface area contributed by atoms with Gasteiger partial charge in [-0.15, -0.1) is 0 Å². The van der Waals surface area contributed by atoms with Gasteiger partial charge in [-0.05, 0) is 49.9 Å². The molecule has 0 saturated carbocycles. The molecule has 0 amide bonds. The van der Waals surface area contributed by atoms with Gasteiger partial charge >= 0.3 is 0 Å². The molecule has 7 aromatic carbocycles. The zero-order valence-electron chi connectivity index (χ0n) is 23.9. The summed E-state index contributed by atoms with van der Waals surface area (Å²) in [5.41, 5.74) is 7.47. The number of hydrogen-bond acceptors (Lipinski definition) is 3. The largest absolute Gasteiger partial charge is 0.208 e. The summed E-state index contributed by atoms with van der Waals surface area (Å²) in [6, 6.07) is 56.9. The van der Waals surface area contributed by atoms with Crippen LogP contribution >= 0.6 is 0 Å². The average molecular weight is 562 g/mol. The van der Waals surface area contributed by atoms with E-state index in [2.05, 4.69) is 121 Å². The molecule has 0 radical (unpaired) electrons. The van der Waals surface area contributed by atoms with Crippen molar-refractivity contribution in [2.24, 2.45) is 0 Å². The summed E-state index contributed by atoms with van der Waals surface area (Å²) >= 11 is 0. The Kier molecular flexibility index (Phi) is 6.47. The lowest BCUT2D eigenvalue weighted by Gasteiger charge is -2.14. The zero-order chi connectivity index (χ0) is 29.3.